The van der Waals surface area contributed by atoms with Gasteiger partial charge in [0.05, 0.1) is 40.3 Å². The van der Waals surface area contributed by atoms with E-state index in [9.17, 15) is 13.2 Å². The van der Waals surface area contributed by atoms with Crippen molar-refractivity contribution in [1.29, 1.82) is 0 Å². The Hall–Kier alpha value is -2.30. The molecule has 1 atom stereocenters. The topological polar surface area (TPSA) is 95.0 Å². The Morgan fingerprint density at radius 2 is 2.10 bits per heavy atom. The number of rotatable bonds is 6. The molecule has 2 aliphatic heterocycles. The lowest BCUT2D eigenvalue weighted by Gasteiger charge is -2.38. The van der Waals surface area contributed by atoms with Gasteiger partial charge in [-0.25, -0.2) is 18.1 Å². The molecule has 1 aliphatic carbocycles. The van der Waals surface area contributed by atoms with Crippen LogP contribution in [0.3, 0.4) is 0 Å². The Kier molecular flexibility index (Phi) is 4.72. The van der Waals surface area contributed by atoms with E-state index in [-0.39, 0.29) is 22.4 Å². The van der Waals surface area contributed by atoms with Crippen LogP contribution in [0.4, 0.5) is 5.69 Å². The number of anilines is 1. The normalized spacial score (nSPS) is 21.7. The van der Waals surface area contributed by atoms with Gasteiger partial charge in [-0.05, 0) is 51.3 Å². The number of benzene rings is 1. The van der Waals surface area contributed by atoms with Gasteiger partial charge in [-0.1, -0.05) is 6.92 Å². The van der Waals surface area contributed by atoms with Crippen LogP contribution in [-0.2, 0) is 16.6 Å². The van der Waals surface area contributed by atoms with Gasteiger partial charge in [0.2, 0.25) is 16.0 Å². The Morgan fingerprint density at radius 1 is 1.32 bits per heavy atom. The Labute approximate surface area is 186 Å². The fourth-order valence-electron chi connectivity index (χ4n) is 4.09. The molecular formula is C21H25N5O3S2. The highest BCUT2D eigenvalue weighted by Gasteiger charge is 2.44. The number of guanidine groups is 1. The Bertz CT molecular complexity index is 1200. The first-order valence-corrected chi connectivity index (χ1v) is 12.8. The van der Waals surface area contributed by atoms with Crippen molar-refractivity contribution in [1.82, 2.24) is 14.6 Å². The van der Waals surface area contributed by atoms with E-state index in [0.717, 1.165) is 34.8 Å². The lowest BCUT2D eigenvalue weighted by molar-refractivity contribution is 0.0833. The number of fused-ring (bicyclic) bond motifs is 3. The second-order valence-corrected chi connectivity index (χ2v) is 11.7. The van der Waals surface area contributed by atoms with Crippen LogP contribution in [0.25, 0.3) is 0 Å². The summed E-state index contributed by atoms with van der Waals surface area (Å²) in [5, 5.41) is 0.935. The monoisotopic (exact) mass is 459 g/mol. The van der Waals surface area contributed by atoms with Gasteiger partial charge < -0.3 is 4.90 Å². The van der Waals surface area contributed by atoms with Crippen LogP contribution in [0.5, 0.6) is 0 Å². The molecule has 1 aromatic heterocycles. The third kappa shape index (κ3) is 3.56. The number of hydrogen-bond acceptors (Lipinski definition) is 7. The molecule has 0 spiro atoms. The van der Waals surface area contributed by atoms with Crippen LogP contribution in [0.15, 0.2) is 34.3 Å². The van der Waals surface area contributed by atoms with Crippen LogP contribution in [0.1, 0.15) is 53.4 Å². The number of aliphatic imine (C=N–C) groups is 1. The number of carbonyl (C=O) groups is 1. The number of nitrogens with zero attached hydrogens (tertiary/aromatic N) is 4. The highest BCUT2D eigenvalue weighted by molar-refractivity contribution is 7.89. The standard InChI is InChI=1S/C21H25N5O3S2/c1-4-14-10-23-20-25(12-15-11-22-13(2)30-15)19(27)17-9-16(5-6-18(17)26(14)20)31(28,29)24-21(3)7-8-21/h5-6,9,11,14,24H,4,7-8,10,12H2,1-3H3/t14-/m0/s1. The number of carbonyl (C=O) groups excluding carboxylic acids is 1. The summed E-state index contributed by atoms with van der Waals surface area (Å²) in [4.78, 5) is 27.3. The molecule has 31 heavy (non-hydrogen) atoms. The highest BCUT2D eigenvalue weighted by Crippen LogP contribution is 2.38. The number of aromatic nitrogens is 1. The van der Waals surface area contributed by atoms with E-state index >= 15 is 0 Å². The molecule has 1 aromatic carbocycles. The number of nitrogens with one attached hydrogen (secondary N) is 1. The molecule has 5 rings (SSSR count). The largest absolute Gasteiger partial charge is 0.306 e. The average Bonchev–Trinajstić information content (AvgIpc) is 3.12. The minimum Gasteiger partial charge on any atom is -0.306 e. The summed E-state index contributed by atoms with van der Waals surface area (Å²) in [6.45, 7) is 6.89. The molecule has 2 aromatic rings. The molecule has 164 valence electrons. The zero-order chi connectivity index (χ0) is 22.0. The maximum atomic E-state index is 13.5. The smallest absolute Gasteiger partial charge is 0.263 e. The van der Waals surface area contributed by atoms with E-state index in [1.165, 1.54) is 6.07 Å². The lowest BCUT2D eigenvalue weighted by atomic mass is 10.1. The van der Waals surface area contributed by atoms with Crippen molar-refractivity contribution >= 4 is 38.9 Å². The van der Waals surface area contributed by atoms with Crippen LogP contribution < -0.4 is 9.62 Å². The third-order valence-corrected chi connectivity index (χ3v) is 8.65. The molecule has 0 unspecified atom stereocenters. The third-order valence-electron chi connectivity index (χ3n) is 6.11. The predicted octanol–water partition coefficient (Wildman–Crippen LogP) is 2.89. The maximum Gasteiger partial charge on any atom is 0.263 e. The van der Waals surface area contributed by atoms with E-state index < -0.39 is 10.0 Å². The van der Waals surface area contributed by atoms with Crippen LogP contribution >= 0.6 is 11.3 Å². The van der Waals surface area contributed by atoms with Crippen LogP contribution in [0.2, 0.25) is 0 Å². The minimum atomic E-state index is -3.70. The molecule has 8 nitrogen and oxygen atoms in total. The van der Waals surface area contributed by atoms with Gasteiger partial charge in [0.1, 0.15) is 0 Å². The van der Waals surface area contributed by atoms with E-state index in [1.807, 2.05) is 13.8 Å². The summed E-state index contributed by atoms with van der Waals surface area (Å²) in [6.07, 6.45) is 4.29. The van der Waals surface area contributed by atoms with Crippen molar-refractivity contribution in [2.75, 3.05) is 11.4 Å². The summed E-state index contributed by atoms with van der Waals surface area (Å²) in [5.41, 5.74) is 0.738. The molecule has 10 heteroatoms. The molecular weight excluding hydrogens is 434 g/mol. The average molecular weight is 460 g/mol. The van der Waals surface area contributed by atoms with Gasteiger partial charge in [0, 0.05) is 16.6 Å². The van der Waals surface area contributed by atoms with Gasteiger partial charge in [-0.15, -0.1) is 11.3 Å². The SMILES string of the molecule is CC[C@H]1CN=C2N(Cc3cnc(C)s3)C(=O)c3cc(S(=O)(=O)NC4(C)CC4)ccc3N21. The lowest BCUT2D eigenvalue weighted by Crippen LogP contribution is -2.52. The van der Waals surface area contributed by atoms with Gasteiger partial charge in [0.15, 0.2) is 0 Å². The van der Waals surface area contributed by atoms with Crippen LogP contribution in [0, 0.1) is 6.92 Å². The fourth-order valence-corrected chi connectivity index (χ4v) is 6.36. The molecule has 3 aliphatic rings. The first-order chi connectivity index (χ1) is 14.7. The first kappa shape index (κ1) is 20.6. The van der Waals surface area contributed by atoms with Crippen molar-refractivity contribution in [2.45, 2.75) is 63.1 Å². The van der Waals surface area contributed by atoms with E-state index in [2.05, 4.69) is 26.5 Å². The summed E-state index contributed by atoms with van der Waals surface area (Å²) >= 11 is 1.54. The van der Waals surface area contributed by atoms with Gasteiger partial charge in [0.25, 0.3) is 5.91 Å². The Morgan fingerprint density at radius 3 is 2.74 bits per heavy atom. The zero-order valence-electron chi connectivity index (χ0n) is 17.8. The second-order valence-electron chi connectivity index (χ2n) is 8.65. The molecule has 1 fully saturated rings. The summed E-state index contributed by atoms with van der Waals surface area (Å²) < 4.78 is 28.6. The van der Waals surface area contributed by atoms with Crippen molar-refractivity contribution in [3.63, 3.8) is 0 Å². The van der Waals surface area contributed by atoms with E-state index in [1.54, 1.807) is 34.6 Å². The minimum absolute atomic E-state index is 0.119. The van der Waals surface area contributed by atoms with E-state index in [0.29, 0.717) is 24.6 Å². The van der Waals surface area contributed by atoms with Gasteiger partial charge >= 0.3 is 0 Å². The number of thiazole rings is 1. The molecule has 3 heterocycles. The summed E-state index contributed by atoms with van der Waals surface area (Å²) in [6, 6.07) is 4.98. The number of sulfonamides is 1. The fraction of sp³-hybridized carbons (Fsp3) is 0.476. The van der Waals surface area contributed by atoms with Crippen molar-refractivity contribution in [3.05, 3.63) is 39.8 Å². The van der Waals surface area contributed by atoms with Crippen LogP contribution in [-0.4, -0.2) is 48.3 Å². The zero-order valence-corrected chi connectivity index (χ0v) is 19.4. The number of hydrogen-bond donors (Lipinski definition) is 1. The molecule has 1 amide bonds. The second kappa shape index (κ2) is 7.11. The first-order valence-electron chi connectivity index (χ1n) is 10.5. The van der Waals surface area contributed by atoms with Crippen molar-refractivity contribution in [2.24, 2.45) is 4.99 Å². The molecule has 0 bridgehead atoms. The predicted molar refractivity (Wildman–Crippen MR) is 120 cm³/mol. The van der Waals surface area contributed by atoms with Crippen molar-refractivity contribution < 1.29 is 13.2 Å². The number of amides is 1. The maximum absolute atomic E-state index is 13.5. The molecule has 0 radical (unpaired) electrons. The number of aryl methyl sites for hydroxylation is 1. The molecule has 1 saturated carbocycles. The van der Waals surface area contributed by atoms with E-state index in [4.69, 9.17) is 0 Å². The van der Waals surface area contributed by atoms with Gasteiger partial charge in [-0.3, -0.25) is 14.7 Å². The Balaban J connectivity index is 1.56. The van der Waals surface area contributed by atoms with Gasteiger partial charge in [-0.2, -0.15) is 0 Å². The summed E-state index contributed by atoms with van der Waals surface area (Å²) in [7, 11) is -3.70. The molecule has 1 N–H and O–H groups in total. The highest BCUT2D eigenvalue weighted by atomic mass is 32.2. The molecule has 0 saturated heterocycles. The quantitative estimate of drug-likeness (QED) is 0.717. The summed E-state index contributed by atoms with van der Waals surface area (Å²) in [5.74, 6) is 0.400. The van der Waals surface area contributed by atoms with Crippen molar-refractivity contribution in [3.8, 4) is 0 Å².